The van der Waals surface area contributed by atoms with E-state index >= 15 is 0 Å². The Bertz CT molecular complexity index is 1160. The van der Waals surface area contributed by atoms with Gasteiger partial charge >= 0.3 is 0 Å². The highest BCUT2D eigenvalue weighted by atomic mass is 79.9. The van der Waals surface area contributed by atoms with Gasteiger partial charge in [0.15, 0.2) is 5.16 Å². The zero-order valence-electron chi connectivity index (χ0n) is 16.2. The average molecular weight is 509 g/mol. The monoisotopic (exact) mass is 508 g/mol. The number of aromatic nitrogens is 3. The molecule has 0 fully saturated rings. The van der Waals surface area contributed by atoms with Crippen molar-refractivity contribution < 1.29 is 4.79 Å². The second-order valence-corrected chi connectivity index (χ2v) is 9.34. The predicted octanol–water partition coefficient (Wildman–Crippen LogP) is 6.33. The fourth-order valence-electron chi connectivity index (χ4n) is 2.63. The SMILES string of the molecule is O=C(Nc1ccccn1)c1nc(SCc2ccccc2)ncc1Sc1ccc(Br)cc1. The highest BCUT2D eigenvalue weighted by molar-refractivity contribution is 9.10. The van der Waals surface area contributed by atoms with Gasteiger partial charge in [-0.05, 0) is 42.0 Å². The summed E-state index contributed by atoms with van der Waals surface area (Å²) in [5, 5.41) is 3.38. The van der Waals surface area contributed by atoms with Gasteiger partial charge in [-0.3, -0.25) is 4.79 Å². The van der Waals surface area contributed by atoms with Gasteiger partial charge in [0, 0.05) is 27.5 Å². The maximum absolute atomic E-state index is 13.0. The molecular formula is C23H17BrN4OS2. The van der Waals surface area contributed by atoms with Crippen LogP contribution in [0, 0.1) is 0 Å². The third-order valence-electron chi connectivity index (χ3n) is 4.11. The van der Waals surface area contributed by atoms with Crippen LogP contribution in [0.15, 0.2) is 105 Å². The van der Waals surface area contributed by atoms with Crippen molar-refractivity contribution in [2.24, 2.45) is 0 Å². The number of hydrogen-bond acceptors (Lipinski definition) is 6. The predicted molar refractivity (Wildman–Crippen MR) is 128 cm³/mol. The number of nitrogens with zero attached hydrogens (tertiary/aromatic N) is 3. The number of hydrogen-bond donors (Lipinski definition) is 1. The summed E-state index contributed by atoms with van der Waals surface area (Å²) in [4.78, 5) is 27.9. The summed E-state index contributed by atoms with van der Waals surface area (Å²) in [5.74, 6) is 0.882. The first-order valence-electron chi connectivity index (χ1n) is 9.37. The average Bonchev–Trinajstić information content (AvgIpc) is 2.81. The van der Waals surface area contributed by atoms with Gasteiger partial charge in [0.25, 0.3) is 5.91 Å². The number of rotatable bonds is 7. The summed E-state index contributed by atoms with van der Waals surface area (Å²) in [5.41, 5.74) is 1.49. The topological polar surface area (TPSA) is 67.8 Å². The quantitative estimate of drug-likeness (QED) is 0.232. The Kier molecular flexibility index (Phi) is 7.35. The largest absolute Gasteiger partial charge is 0.305 e. The van der Waals surface area contributed by atoms with Gasteiger partial charge < -0.3 is 5.32 Å². The van der Waals surface area contributed by atoms with Gasteiger partial charge in [0.05, 0.1) is 4.90 Å². The summed E-state index contributed by atoms with van der Waals surface area (Å²) in [6.07, 6.45) is 3.34. The molecule has 0 aliphatic rings. The second kappa shape index (κ2) is 10.6. The van der Waals surface area contributed by atoms with E-state index in [2.05, 4.69) is 48.3 Å². The number of benzene rings is 2. The fourth-order valence-corrected chi connectivity index (χ4v) is 4.53. The number of pyridine rings is 1. The molecule has 0 spiro atoms. The van der Waals surface area contributed by atoms with Crippen molar-refractivity contribution in [1.82, 2.24) is 15.0 Å². The van der Waals surface area contributed by atoms with Crippen LogP contribution < -0.4 is 5.32 Å². The number of anilines is 1. The maximum Gasteiger partial charge on any atom is 0.276 e. The van der Waals surface area contributed by atoms with Gasteiger partial charge in [-0.15, -0.1) is 0 Å². The molecule has 4 rings (SSSR count). The molecule has 0 bridgehead atoms. The minimum Gasteiger partial charge on any atom is -0.305 e. The minimum atomic E-state index is -0.317. The van der Waals surface area contributed by atoms with Crippen LogP contribution in [-0.4, -0.2) is 20.9 Å². The molecular weight excluding hydrogens is 492 g/mol. The Morgan fingerprint density at radius 3 is 2.45 bits per heavy atom. The first-order valence-corrected chi connectivity index (χ1v) is 12.0. The van der Waals surface area contributed by atoms with E-state index in [1.807, 2.05) is 48.5 Å². The van der Waals surface area contributed by atoms with Crippen molar-refractivity contribution in [3.63, 3.8) is 0 Å². The highest BCUT2D eigenvalue weighted by Crippen LogP contribution is 2.32. The summed E-state index contributed by atoms with van der Waals surface area (Å²) >= 11 is 6.39. The number of thioether (sulfide) groups is 1. The van der Waals surface area contributed by atoms with Crippen molar-refractivity contribution in [1.29, 1.82) is 0 Å². The van der Waals surface area contributed by atoms with Crippen LogP contribution in [-0.2, 0) is 5.75 Å². The molecule has 0 atom stereocenters. The molecule has 4 aromatic rings. The zero-order valence-corrected chi connectivity index (χ0v) is 19.5. The highest BCUT2D eigenvalue weighted by Gasteiger charge is 2.17. The molecule has 0 radical (unpaired) electrons. The van der Waals surface area contributed by atoms with E-state index in [0.29, 0.717) is 21.6 Å². The van der Waals surface area contributed by atoms with E-state index in [1.165, 1.54) is 29.1 Å². The number of halogens is 1. The Hall–Kier alpha value is -2.68. The molecule has 8 heteroatoms. The summed E-state index contributed by atoms with van der Waals surface area (Å²) < 4.78 is 0.994. The van der Waals surface area contributed by atoms with E-state index < -0.39 is 0 Å². The molecule has 0 aliphatic carbocycles. The first kappa shape index (κ1) is 21.5. The first-order chi connectivity index (χ1) is 15.2. The molecule has 1 amide bonds. The van der Waals surface area contributed by atoms with Gasteiger partial charge in [0.2, 0.25) is 0 Å². The van der Waals surface area contributed by atoms with Crippen LogP contribution in [0.1, 0.15) is 16.1 Å². The minimum absolute atomic E-state index is 0.317. The molecule has 1 N–H and O–H groups in total. The van der Waals surface area contributed by atoms with E-state index in [9.17, 15) is 4.79 Å². The van der Waals surface area contributed by atoms with Gasteiger partial charge in [-0.1, -0.05) is 75.9 Å². The summed E-state index contributed by atoms with van der Waals surface area (Å²) in [6, 6.07) is 23.3. The lowest BCUT2D eigenvalue weighted by Crippen LogP contribution is -2.16. The van der Waals surface area contributed by atoms with Crippen molar-refractivity contribution in [3.8, 4) is 0 Å². The van der Waals surface area contributed by atoms with Gasteiger partial charge in [-0.25, -0.2) is 15.0 Å². The van der Waals surface area contributed by atoms with E-state index in [1.54, 1.807) is 24.5 Å². The molecule has 0 unspecified atom stereocenters. The standard InChI is InChI=1S/C23H17BrN4OS2/c24-17-9-11-18(12-10-17)31-19-14-26-23(30-15-16-6-2-1-3-7-16)28-21(19)22(29)27-20-8-4-5-13-25-20/h1-14H,15H2,(H,25,27,29). The Morgan fingerprint density at radius 2 is 1.71 bits per heavy atom. The number of carbonyl (C=O) groups is 1. The Labute approximate surface area is 197 Å². The summed E-state index contributed by atoms with van der Waals surface area (Å²) in [7, 11) is 0. The lowest BCUT2D eigenvalue weighted by Gasteiger charge is -2.10. The van der Waals surface area contributed by atoms with Gasteiger partial charge in [-0.2, -0.15) is 0 Å². The van der Waals surface area contributed by atoms with Crippen LogP contribution in [0.2, 0.25) is 0 Å². The molecule has 2 heterocycles. The van der Waals surface area contributed by atoms with Crippen molar-refractivity contribution in [3.05, 3.63) is 101 Å². The van der Waals surface area contributed by atoms with Crippen LogP contribution in [0.5, 0.6) is 0 Å². The molecule has 154 valence electrons. The molecule has 2 aromatic carbocycles. The van der Waals surface area contributed by atoms with E-state index in [-0.39, 0.29) is 5.91 Å². The molecule has 0 aliphatic heterocycles. The maximum atomic E-state index is 13.0. The van der Waals surface area contributed by atoms with E-state index in [0.717, 1.165) is 15.1 Å². The summed E-state index contributed by atoms with van der Waals surface area (Å²) in [6.45, 7) is 0. The van der Waals surface area contributed by atoms with Crippen LogP contribution in [0.4, 0.5) is 5.82 Å². The molecule has 2 aromatic heterocycles. The van der Waals surface area contributed by atoms with E-state index in [4.69, 9.17) is 0 Å². The molecule has 31 heavy (non-hydrogen) atoms. The number of nitrogens with one attached hydrogen (secondary N) is 1. The third-order valence-corrected chi connectivity index (χ3v) is 6.59. The number of amides is 1. The smallest absolute Gasteiger partial charge is 0.276 e. The van der Waals surface area contributed by atoms with Crippen LogP contribution in [0.25, 0.3) is 0 Å². The second-order valence-electron chi connectivity index (χ2n) is 6.36. The molecule has 0 saturated carbocycles. The Morgan fingerprint density at radius 1 is 0.935 bits per heavy atom. The fraction of sp³-hybridized carbons (Fsp3) is 0.0435. The van der Waals surface area contributed by atoms with Gasteiger partial charge in [0.1, 0.15) is 11.5 Å². The Balaban J connectivity index is 1.59. The molecule has 0 saturated heterocycles. The van der Waals surface area contributed by atoms with Crippen LogP contribution in [0.3, 0.4) is 0 Å². The van der Waals surface area contributed by atoms with Crippen molar-refractivity contribution >= 4 is 51.2 Å². The lowest BCUT2D eigenvalue weighted by atomic mass is 10.2. The zero-order chi connectivity index (χ0) is 21.5. The van der Waals surface area contributed by atoms with Crippen LogP contribution >= 0.6 is 39.5 Å². The number of carbonyl (C=O) groups excluding carboxylic acids is 1. The van der Waals surface area contributed by atoms with Crippen molar-refractivity contribution in [2.45, 2.75) is 20.7 Å². The third kappa shape index (κ3) is 6.16. The molecule has 5 nitrogen and oxygen atoms in total. The normalized spacial score (nSPS) is 10.6. The van der Waals surface area contributed by atoms with Crippen molar-refractivity contribution in [2.75, 3.05) is 5.32 Å². The lowest BCUT2D eigenvalue weighted by molar-refractivity contribution is 0.101.